The molecule has 0 radical (unpaired) electrons. The number of fused-ring (bicyclic) bond motifs is 2. The Bertz CT molecular complexity index is 1630. The third-order valence-electron chi connectivity index (χ3n) is 5.47. The Hall–Kier alpha value is -3.89. The second kappa shape index (κ2) is 10.6. The van der Waals surface area contributed by atoms with E-state index in [-0.39, 0.29) is 16.5 Å². The van der Waals surface area contributed by atoms with Crippen LogP contribution in [0, 0.1) is 5.82 Å². The molecule has 2 heterocycles. The second-order valence-corrected chi connectivity index (χ2v) is 9.28. The van der Waals surface area contributed by atoms with Crippen molar-refractivity contribution in [3.63, 3.8) is 0 Å². The summed E-state index contributed by atoms with van der Waals surface area (Å²) in [5.74, 6) is 0.110. The van der Waals surface area contributed by atoms with Crippen LogP contribution in [0.4, 0.5) is 15.9 Å². The summed E-state index contributed by atoms with van der Waals surface area (Å²) < 4.78 is 26.9. The van der Waals surface area contributed by atoms with E-state index in [1.807, 2.05) is 42.8 Å². The first-order chi connectivity index (χ1) is 17.9. The van der Waals surface area contributed by atoms with Gasteiger partial charge in [-0.05, 0) is 43.3 Å². The van der Waals surface area contributed by atoms with Gasteiger partial charge in [-0.1, -0.05) is 35.5 Å². The lowest BCUT2D eigenvalue weighted by molar-refractivity contribution is -0.131. The van der Waals surface area contributed by atoms with Gasteiger partial charge in [0, 0.05) is 24.2 Å². The van der Waals surface area contributed by atoms with Crippen LogP contribution in [0.1, 0.15) is 6.92 Å². The Labute approximate surface area is 220 Å². The van der Waals surface area contributed by atoms with Gasteiger partial charge in [0.25, 0.3) is 0 Å². The maximum Gasteiger partial charge on any atom is 0.321 e. The zero-order chi connectivity index (χ0) is 25.9. The maximum absolute atomic E-state index is 13.6. The lowest BCUT2D eigenvalue weighted by Gasteiger charge is -2.14. The molecule has 0 saturated carbocycles. The van der Waals surface area contributed by atoms with Crippen molar-refractivity contribution in [2.45, 2.75) is 12.1 Å². The molecule has 0 atom stereocenters. The van der Waals surface area contributed by atoms with Crippen molar-refractivity contribution >= 4 is 62.8 Å². The van der Waals surface area contributed by atoms with Gasteiger partial charge >= 0.3 is 5.97 Å². The smallest absolute Gasteiger partial charge is 0.321 e. The molecule has 0 amide bonds. The number of aryl methyl sites for hydroxylation is 1. The number of esters is 1. The number of nitrogens with zero attached hydrogens (tertiary/aromatic N) is 4. The summed E-state index contributed by atoms with van der Waals surface area (Å²) in [6, 6.07) is 15.4. The molecule has 188 valence electrons. The lowest BCUT2D eigenvalue weighted by Crippen LogP contribution is -2.12. The van der Waals surface area contributed by atoms with Crippen molar-refractivity contribution in [2.75, 3.05) is 17.7 Å². The van der Waals surface area contributed by atoms with Crippen LogP contribution in [0.3, 0.4) is 0 Å². The SMILES string of the molecule is CCOc1cc2ncnc(Nc3ccc(F)c(Cl)c3)c2cc1OC(=O)CSc1nc2ccccc2n1C. The number of halogens is 2. The van der Waals surface area contributed by atoms with E-state index < -0.39 is 11.8 Å². The fourth-order valence-electron chi connectivity index (χ4n) is 3.75. The predicted molar refractivity (Wildman–Crippen MR) is 142 cm³/mol. The van der Waals surface area contributed by atoms with Crippen LogP contribution in [0.2, 0.25) is 5.02 Å². The highest BCUT2D eigenvalue weighted by molar-refractivity contribution is 7.99. The zero-order valence-corrected chi connectivity index (χ0v) is 21.4. The van der Waals surface area contributed by atoms with Gasteiger partial charge in [0.05, 0.1) is 33.9 Å². The number of carbonyl (C=O) groups is 1. The van der Waals surface area contributed by atoms with Crippen molar-refractivity contribution in [3.8, 4) is 11.5 Å². The third-order valence-corrected chi connectivity index (χ3v) is 6.77. The molecule has 0 fully saturated rings. The summed E-state index contributed by atoms with van der Waals surface area (Å²) in [6.45, 7) is 2.21. The number of thioether (sulfide) groups is 1. The van der Waals surface area contributed by atoms with Crippen molar-refractivity contribution in [2.24, 2.45) is 7.05 Å². The molecule has 0 spiro atoms. The van der Waals surface area contributed by atoms with E-state index in [0.717, 1.165) is 11.0 Å². The first kappa shape index (κ1) is 24.8. The van der Waals surface area contributed by atoms with E-state index in [2.05, 4.69) is 20.3 Å². The summed E-state index contributed by atoms with van der Waals surface area (Å²) in [4.78, 5) is 26.0. The minimum atomic E-state index is -0.521. The first-order valence-electron chi connectivity index (χ1n) is 11.3. The highest BCUT2D eigenvalue weighted by Crippen LogP contribution is 2.36. The quantitative estimate of drug-likeness (QED) is 0.143. The summed E-state index contributed by atoms with van der Waals surface area (Å²) in [6.07, 6.45) is 1.39. The van der Waals surface area contributed by atoms with Gasteiger partial charge in [0.2, 0.25) is 0 Å². The Morgan fingerprint density at radius 1 is 1.11 bits per heavy atom. The van der Waals surface area contributed by atoms with Crippen molar-refractivity contribution in [1.82, 2.24) is 19.5 Å². The number of imidazole rings is 1. The monoisotopic (exact) mass is 537 g/mol. The number of carbonyl (C=O) groups excluding carboxylic acids is 1. The fourth-order valence-corrected chi connectivity index (χ4v) is 4.69. The predicted octanol–water partition coefficient (Wildman–Crippen LogP) is 6.15. The largest absolute Gasteiger partial charge is 0.490 e. The Balaban J connectivity index is 1.40. The number of rotatable bonds is 8. The average Bonchev–Trinajstić information content (AvgIpc) is 3.21. The third kappa shape index (κ3) is 5.30. The number of nitrogens with one attached hydrogen (secondary N) is 1. The number of anilines is 2. The normalized spacial score (nSPS) is 11.1. The van der Waals surface area contributed by atoms with Gasteiger partial charge in [-0.15, -0.1) is 0 Å². The van der Waals surface area contributed by atoms with Crippen LogP contribution in [0.15, 0.2) is 66.1 Å². The minimum absolute atomic E-state index is 0.0188. The molecule has 3 aromatic carbocycles. The van der Waals surface area contributed by atoms with Crippen LogP contribution < -0.4 is 14.8 Å². The Morgan fingerprint density at radius 2 is 1.95 bits per heavy atom. The maximum atomic E-state index is 13.6. The molecule has 0 aliphatic heterocycles. The molecule has 5 rings (SSSR count). The van der Waals surface area contributed by atoms with Gasteiger partial charge in [0.1, 0.15) is 18.0 Å². The van der Waals surface area contributed by atoms with Gasteiger partial charge in [0.15, 0.2) is 16.7 Å². The zero-order valence-electron chi connectivity index (χ0n) is 19.9. The minimum Gasteiger partial charge on any atom is -0.490 e. The molecule has 8 nitrogen and oxygen atoms in total. The number of para-hydroxylation sites is 2. The van der Waals surface area contributed by atoms with Crippen LogP contribution in [-0.4, -0.2) is 37.8 Å². The molecule has 5 aromatic rings. The lowest BCUT2D eigenvalue weighted by atomic mass is 10.2. The van der Waals surface area contributed by atoms with E-state index in [1.54, 1.807) is 18.2 Å². The van der Waals surface area contributed by atoms with E-state index in [0.29, 0.717) is 39.9 Å². The first-order valence-corrected chi connectivity index (χ1v) is 12.7. The highest BCUT2D eigenvalue weighted by Gasteiger charge is 2.17. The van der Waals surface area contributed by atoms with Crippen molar-refractivity contribution in [3.05, 3.63) is 71.8 Å². The van der Waals surface area contributed by atoms with Gasteiger partial charge in [-0.25, -0.2) is 19.3 Å². The molecule has 0 bridgehead atoms. The standard InChI is InChI=1S/C26H21ClFN5O3S/c1-3-35-22-12-20-16(25(30-14-29-20)31-15-8-9-18(28)17(27)10-15)11-23(22)36-24(34)13-37-26-32-19-6-4-5-7-21(19)33(26)2/h4-12,14H,3,13H2,1-2H3,(H,29,30,31). The summed E-state index contributed by atoms with van der Waals surface area (Å²) >= 11 is 7.20. The Kier molecular flexibility index (Phi) is 7.11. The van der Waals surface area contributed by atoms with Crippen LogP contribution >= 0.6 is 23.4 Å². The Morgan fingerprint density at radius 3 is 2.73 bits per heavy atom. The molecule has 1 N–H and O–H groups in total. The number of hydrogen-bond acceptors (Lipinski definition) is 8. The molecule has 0 unspecified atom stereocenters. The van der Waals surface area contributed by atoms with Gasteiger partial charge in [-0.3, -0.25) is 4.79 Å². The molecule has 2 aromatic heterocycles. The molecule has 11 heteroatoms. The highest BCUT2D eigenvalue weighted by atomic mass is 35.5. The number of aromatic nitrogens is 4. The van der Waals surface area contributed by atoms with E-state index in [9.17, 15) is 9.18 Å². The topological polar surface area (TPSA) is 91.2 Å². The van der Waals surface area contributed by atoms with Gasteiger partial charge < -0.3 is 19.4 Å². The summed E-state index contributed by atoms with van der Waals surface area (Å²) in [5.41, 5.74) is 2.95. The van der Waals surface area contributed by atoms with E-state index >= 15 is 0 Å². The summed E-state index contributed by atoms with van der Waals surface area (Å²) in [5, 5.41) is 4.38. The van der Waals surface area contributed by atoms with Crippen molar-refractivity contribution in [1.29, 1.82) is 0 Å². The summed E-state index contributed by atoms with van der Waals surface area (Å²) in [7, 11) is 1.91. The number of hydrogen-bond donors (Lipinski definition) is 1. The van der Waals surface area contributed by atoms with Crippen LogP contribution in [0.5, 0.6) is 11.5 Å². The van der Waals surface area contributed by atoms with E-state index in [4.69, 9.17) is 21.1 Å². The molecular formula is C26H21ClFN5O3S. The molecular weight excluding hydrogens is 517 g/mol. The number of ether oxygens (including phenoxy) is 2. The van der Waals surface area contributed by atoms with E-state index in [1.165, 1.54) is 30.2 Å². The average molecular weight is 538 g/mol. The van der Waals surface area contributed by atoms with Crippen molar-refractivity contribution < 1.29 is 18.7 Å². The fraction of sp³-hybridized carbons (Fsp3) is 0.154. The second-order valence-electron chi connectivity index (χ2n) is 7.93. The van der Waals surface area contributed by atoms with Gasteiger partial charge in [-0.2, -0.15) is 0 Å². The van der Waals surface area contributed by atoms with Crippen LogP contribution in [-0.2, 0) is 11.8 Å². The number of benzene rings is 3. The molecule has 37 heavy (non-hydrogen) atoms. The molecule has 0 aliphatic rings. The molecule has 0 saturated heterocycles. The molecule has 0 aliphatic carbocycles. The van der Waals surface area contributed by atoms with Crippen LogP contribution in [0.25, 0.3) is 21.9 Å².